The van der Waals surface area contributed by atoms with Gasteiger partial charge in [-0.25, -0.2) is 0 Å². The van der Waals surface area contributed by atoms with E-state index in [-0.39, 0.29) is 11.2 Å². The monoisotopic (exact) mass is 255 g/mol. The van der Waals surface area contributed by atoms with Crippen LogP contribution in [0.25, 0.3) is 6.08 Å². The molecular formula is C17H21NO. The largest absolute Gasteiger partial charge is 0.295 e. The van der Waals surface area contributed by atoms with Crippen molar-refractivity contribution in [3.63, 3.8) is 0 Å². The molecule has 0 N–H and O–H groups in total. The van der Waals surface area contributed by atoms with E-state index >= 15 is 0 Å². The van der Waals surface area contributed by atoms with Crippen LogP contribution in [0.2, 0.25) is 0 Å². The van der Waals surface area contributed by atoms with Crippen molar-refractivity contribution in [2.75, 3.05) is 0 Å². The summed E-state index contributed by atoms with van der Waals surface area (Å²) in [6.07, 6.45) is 4.05. The first kappa shape index (κ1) is 15.2. The van der Waals surface area contributed by atoms with Gasteiger partial charge in [-0.1, -0.05) is 26.8 Å². The van der Waals surface area contributed by atoms with Gasteiger partial charge in [-0.2, -0.15) is 5.26 Å². The Hall–Kier alpha value is -1.88. The fourth-order valence-corrected chi connectivity index (χ4v) is 2.06. The summed E-state index contributed by atoms with van der Waals surface area (Å²) in [7, 11) is 0. The molecule has 0 aliphatic rings. The highest BCUT2D eigenvalue weighted by Gasteiger charge is 2.14. The summed E-state index contributed by atoms with van der Waals surface area (Å²) < 4.78 is 0. The summed E-state index contributed by atoms with van der Waals surface area (Å²) in [5, 5.41) is 8.90. The number of carbonyl (C=O) groups is 1. The number of nitrogens with zero attached hydrogens (tertiary/aromatic N) is 1. The highest BCUT2D eigenvalue weighted by atomic mass is 16.1. The van der Waals surface area contributed by atoms with Gasteiger partial charge in [-0.05, 0) is 54.2 Å². The Bertz CT molecular complexity index is 531. The molecule has 0 aliphatic heterocycles. The fraction of sp³-hybridized carbons (Fsp3) is 0.412. The lowest BCUT2D eigenvalue weighted by atomic mass is 9.89. The van der Waals surface area contributed by atoms with Crippen LogP contribution in [-0.4, -0.2) is 5.78 Å². The first-order valence-corrected chi connectivity index (χ1v) is 6.45. The van der Waals surface area contributed by atoms with Crippen LogP contribution in [0.1, 0.15) is 49.4 Å². The predicted octanol–water partition coefficient (Wildman–Crippen LogP) is 4.19. The third kappa shape index (κ3) is 4.71. The minimum absolute atomic E-state index is 0.0101. The summed E-state index contributed by atoms with van der Waals surface area (Å²) in [5.41, 5.74) is 3.75. The van der Waals surface area contributed by atoms with Crippen LogP contribution in [0.4, 0.5) is 0 Å². The van der Waals surface area contributed by atoms with Gasteiger partial charge in [0, 0.05) is 6.42 Å². The van der Waals surface area contributed by atoms with Crippen LogP contribution in [0.15, 0.2) is 18.2 Å². The van der Waals surface area contributed by atoms with Crippen LogP contribution >= 0.6 is 0 Å². The van der Waals surface area contributed by atoms with E-state index in [9.17, 15) is 4.79 Å². The maximum absolute atomic E-state index is 11.8. The number of aryl methyl sites for hydroxylation is 2. The number of hydrogen-bond donors (Lipinski definition) is 0. The van der Waals surface area contributed by atoms with Gasteiger partial charge in [0.15, 0.2) is 5.78 Å². The van der Waals surface area contributed by atoms with Gasteiger partial charge in [0.1, 0.15) is 0 Å². The van der Waals surface area contributed by atoms with E-state index in [2.05, 4.69) is 26.8 Å². The third-order valence-corrected chi connectivity index (χ3v) is 2.86. The Kier molecular flexibility index (Phi) is 4.67. The Labute approximate surface area is 115 Å². The SMILES string of the molecule is Cc1cc(C#N)cc(C)c1/C=C/C(=O)CC(C)(C)C. The van der Waals surface area contributed by atoms with Crippen molar-refractivity contribution in [3.05, 3.63) is 40.5 Å². The minimum Gasteiger partial charge on any atom is -0.295 e. The summed E-state index contributed by atoms with van der Waals surface area (Å²) in [6.45, 7) is 10.1. The highest BCUT2D eigenvalue weighted by Crippen LogP contribution is 2.21. The maximum atomic E-state index is 11.8. The molecule has 2 nitrogen and oxygen atoms in total. The fourth-order valence-electron chi connectivity index (χ4n) is 2.06. The molecule has 0 saturated carbocycles. The van der Waals surface area contributed by atoms with Crippen molar-refractivity contribution in [2.45, 2.75) is 41.0 Å². The molecule has 100 valence electrons. The summed E-state index contributed by atoms with van der Waals surface area (Å²) >= 11 is 0. The van der Waals surface area contributed by atoms with Crippen LogP contribution in [0.5, 0.6) is 0 Å². The standard InChI is InChI=1S/C17H21NO/c1-12-8-14(11-18)9-13(2)16(12)7-6-15(19)10-17(3,4)5/h6-9H,10H2,1-5H3/b7-6+. The van der Waals surface area contributed by atoms with Crippen molar-refractivity contribution >= 4 is 11.9 Å². The topological polar surface area (TPSA) is 40.9 Å². The number of hydrogen-bond acceptors (Lipinski definition) is 2. The maximum Gasteiger partial charge on any atom is 0.156 e. The van der Waals surface area contributed by atoms with E-state index in [0.29, 0.717) is 12.0 Å². The Morgan fingerprint density at radius 1 is 1.26 bits per heavy atom. The molecule has 0 amide bonds. The molecule has 0 bridgehead atoms. The average Bonchev–Trinajstić information content (AvgIpc) is 2.25. The van der Waals surface area contributed by atoms with Gasteiger partial charge in [0.2, 0.25) is 0 Å². The lowest BCUT2D eigenvalue weighted by Gasteiger charge is -2.15. The second kappa shape index (κ2) is 5.84. The molecule has 19 heavy (non-hydrogen) atoms. The van der Waals surface area contributed by atoms with Crippen LogP contribution in [0.3, 0.4) is 0 Å². The van der Waals surface area contributed by atoms with Gasteiger partial charge >= 0.3 is 0 Å². The number of allylic oxidation sites excluding steroid dienone is 1. The molecule has 0 saturated heterocycles. The smallest absolute Gasteiger partial charge is 0.156 e. The second-order valence-corrected chi connectivity index (χ2v) is 6.17. The third-order valence-electron chi connectivity index (χ3n) is 2.86. The summed E-state index contributed by atoms with van der Waals surface area (Å²) in [4.78, 5) is 11.8. The van der Waals surface area contributed by atoms with Gasteiger partial charge in [0.05, 0.1) is 11.6 Å². The molecule has 1 aromatic carbocycles. The van der Waals surface area contributed by atoms with E-state index in [0.717, 1.165) is 16.7 Å². The number of nitriles is 1. The zero-order valence-corrected chi connectivity index (χ0v) is 12.4. The molecule has 1 rings (SSSR count). The van der Waals surface area contributed by atoms with E-state index < -0.39 is 0 Å². The van der Waals surface area contributed by atoms with Crippen LogP contribution in [0, 0.1) is 30.6 Å². The molecule has 0 fully saturated rings. The molecule has 0 spiro atoms. The quantitative estimate of drug-likeness (QED) is 0.760. The van der Waals surface area contributed by atoms with Crippen LogP contribution in [-0.2, 0) is 4.79 Å². The van der Waals surface area contributed by atoms with Crippen molar-refractivity contribution in [1.82, 2.24) is 0 Å². The van der Waals surface area contributed by atoms with Crippen molar-refractivity contribution < 1.29 is 4.79 Å². The van der Waals surface area contributed by atoms with E-state index in [1.165, 1.54) is 0 Å². The van der Waals surface area contributed by atoms with Crippen molar-refractivity contribution in [1.29, 1.82) is 5.26 Å². The zero-order chi connectivity index (χ0) is 14.6. The van der Waals surface area contributed by atoms with E-state index in [1.807, 2.05) is 32.1 Å². The van der Waals surface area contributed by atoms with Gasteiger partial charge in [0.25, 0.3) is 0 Å². The molecule has 0 atom stereocenters. The average molecular weight is 255 g/mol. The molecule has 0 aliphatic carbocycles. The Morgan fingerprint density at radius 2 is 1.79 bits per heavy atom. The molecule has 0 aromatic heterocycles. The molecule has 2 heteroatoms. The van der Waals surface area contributed by atoms with Crippen molar-refractivity contribution in [2.24, 2.45) is 5.41 Å². The summed E-state index contributed by atoms with van der Waals surface area (Å²) in [6, 6.07) is 5.84. The predicted molar refractivity (Wildman–Crippen MR) is 78.7 cm³/mol. The van der Waals surface area contributed by atoms with Gasteiger partial charge in [-0.15, -0.1) is 0 Å². The molecule has 0 unspecified atom stereocenters. The second-order valence-electron chi connectivity index (χ2n) is 6.17. The van der Waals surface area contributed by atoms with E-state index in [1.54, 1.807) is 6.08 Å². The van der Waals surface area contributed by atoms with Gasteiger partial charge in [-0.3, -0.25) is 4.79 Å². The summed E-state index contributed by atoms with van der Waals surface area (Å²) in [5.74, 6) is 0.135. The number of rotatable bonds is 3. The normalized spacial score (nSPS) is 11.6. The molecule has 1 aromatic rings. The molecular weight excluding hydrogens is 234 g/mol. The highest BCUT2D eigenvalue weighted by molar-refractivity contribution is 5.94. The Morgan fingerprint density at radius 3 is 2.21 bits per heavy atom. The van der Waals surface area contributed by atoms with Crippen LogP contribution < -0.4 is 0 Å². The number of ketones is 1. The van der Waals surface area contributed by atoms with E-state index in [4.69, 9.17) is 5.26 Å². The van der Waals surface area contributed by atoms with Gasteiger partial charge < -0.3 is 0 Å². The number of benzene rings is 1. The Balaban J connectivity index is 2.95. The zero-order valence-electron chi connectivity index (χ0n) is 12.4. The first-order chi connectivity index (χ1) is 8.73. The number of carbonyl (C=O) groups excluding carboxylic acids is 1. The lowest BCUT2D eigenvalue weighted by Crippen LogP contribution is -2.10. The first-order valence-electron chi connectivity index (χ1n) is 6.45. The molecule has 0 radical (unpaired) electrons. The lowest BCUT2D eigenvalue weighted by molar-refractivity contribution is -0.116. The van der Waals surface area contributed by atoms with Crippen molar-refractivity contribution in [3.8, 4) is 6.07 Å². The minimum atomic E-state index is 0.0101. The molecule has 0 heterocycles.